The summed E-state index contributed by atoms with van der Waals surface area (Å²) in [5.41, 5.74) is 1.89. The van der Waals surface area contributed by atoms with Crippen molar-refractivity contribution in [1.29, 1.82) is 0 Å². The maximum Gasteiger partial charge on any atom is 0.321 e. The first kappa shape index (κ1) is 18.4. The molecular formula is C17H21N3O5. The van der Waals surface area contributed by atoms with E-state index in [9.17, 15) is 19.2 Å². The molecule has 0 aliphatic carbocycles. The molecule has 1 aromatic rings. The summed E-state index contributed by atoms with van der Waals surface area (Å²) in [6, 6.07) is 6.90. The summed E-state index contributed by atoms with van der Waals surface area (Å²) in [5, 5.41) is 4.20. The van der Waals surface area contributed by atoms with Crippen LogP contribution in [0.2, 0.25) is 0 Å². The molecule has 2 rings (SSSR count). The molecule has 0 radical (unpaired) electrons. The van der Waals surface area contributed by atoms with E-state index in [1.54, 1.807) is 0 Å². The SMILES string of the molecule is CCc1ccc(N2C[C@H](C(=O)OCC(=O)NC(=O)NC)CC2=O)cc1. The van der Waals surface area contributed by atoms with Crippen LogP contribution < -0.4 is 15.5 Å². The fraction of sp³-hybridized carbons (Fsp3) is 0.412. The van der Waals surface area contributed by atoms with Gasteiger partial charge >= 0.3 is 12.0 Å². The molecule has 1 fully saturated rings. The van der Waals surface area contributed by atoms with E-state index in [1.807, 2.05) is 36.5 Å². The molecular weight excluding hydrogens is 326 g/mol. The highest BCUT2D eigenvalue weighted by atomic mass is 16.5. The van der Waals surface area contributed by atoms with Crippen LogP contribution in [0.15, 0.2) is 24.3 Å². The maximum absolute atomic E-state index is 12.2. The van der Waals surface area contributed by atoms with E-state index in [-0.39, 0.29) is 18.9 Å². The van der Waals surface area contributed by atoms with Gasteiger partial charge in [-0.1, -0.05) is 19.1 Å². The molecule has 0 saturated carbocycles. The lowest BCUT2D eigenvalue weighted by molar-refractivity contribution is -0.152. The molecule has 8 heteroatoms. The van der Waals surface area contributed by atoms with Gasteiger partial charge in [0.1, 0.15) is 0 Å². The van der Waals surface area contributed by atoms with E-state index in [0.717, 1.165) is 17.7 Å². The number of anilines is 1. The van der Waals surface area contributed by atoms with Crippen molar-refractivity contribution in [3.63, 3.8) is 0 Å². The van der Waals surface area contributed by atoms with Crippen LogP contribution in [0.25, 0.3) is 0 Å². The predicted octanol–water partition coefficient (Wildman–Crippen LogP) is 0.601. The Balaban J connectivity index is 1.89. The molecule has 0 bridgehead atoms. The Labute approximate surface area is 145 Å². The molecule has 0 unspecified atom stereocenters. The molecule has 1 aliphatic rings. The number of amides is 4. The molecule has 0 aromatic heterocycles. The number of aryl methyl sites for hydroxylation is 1. The predicted molar refractivity (Wildman–Crippen MR) is 89.8 cm³/mol. The number of rotatable bonds is 5. The first-order chi connectivity index (χ1) is 11.9. The third-order valence-electron chi connectivity index (χ3n) is 3.94. The smallest absolute Gasteiger partial charge is 0.321 e. The van der Waals surface area contributed by atoms with Crippen molar-refractivity contribution in [1.82, 2.24) is 10.6 Å². The summed E-state index contributed by atoms with van der Waals surface area (Å²) >= 11 is 0. The number of urea groups is 1. The van der Waals surface area contributed by atoms with Gasteiger partial charge in [0.05, 0.1) is 5.92 Å². The number of esters is 1. The number of carbonyl (C=O) groups is 4. The van der Waals surface area contributed by atoms with E-state index in [1.165, 1.54) is 11.9 Å². The largest absolute Gasteiger partial charge is 0.455 e. The Morgan fingerprint density at radius 2 is 1.92 bits per heavy atom. The lowest BCUT2D eigenvalue weighted by atomic mass is 10.1. The monoisotopic (exact) mass is 347 g/mol. The maximum atomic E-state index is 12.2. The standard InChI is InChI=1S/C17H21N3O5/c1-3-11-4-6-13(7-5-11)20-9-12(8-15(20)22)16(23)25-10-14(21)19-17(24)18-2/h4-7,12H,3,8-10H2,1-2H3,(H2,18,19,21,24)/t12-/m1/s1. The minimum absolute atomic E-state index is 0.0332. The molecule has 134 valence electrons. The number of ether oxygens (including phenoxy) is 1. The van der Waals surface area contributed by atoms with Crippen LogP contribution in [-0.2, 0) is 25.5 Å². The second-order valence-corrected chi connectivity index (χ2v) is 5.66. The second-order valence-electron chi connectivity index (χ2n) is 5.66. The minimum Gasteiger partial charge on any atom is -0.455 e. The molecule has 1 saturated heterocycles. The average Bonchev–Trinajstić information content (AvgIpc) is 3.01. The van der Waals surface area contributed by atoms with E-state index in [4.69, 9.17) is 4.74 Å². The minimum atomic E-state index is -0.732. The van der Waals surface area contributed by atoms with E-state index in [2.05, 4.69) is 5.32 Å². The van der Waals surface area contributed by atoms with Crippen LogP contribution in [0.5, 0.6) is 0 Å². The number of hydrogen-bond donors (Lipinski definition) is 2. The lowest BCUT2D eigenvalue weighted by Crippen LogP contribution is -2.40. The molecule has 1 heterocycles. The van der Waals surface area contributed by atoms with E-state index in [0.29, 0.717) is 0 Å². The Kier molecular flexibility index (Phi) is 6.10. The zero-order chi connectivity index (χ0) is 18.4. The molecule has 1 atom stereocenters. The van der Waals surface area contributed by atoms with Gasteiger partial charge in [-0.25, -0.2) is 4.79 Å². The van der Waals surface area contributed by atoms with Gasteiger partial charge in [-0.05, 0) is 24.1 Å². The third kappa shape index (κ3) is 4.79. The zero-order valence-corrected chi connectivity index (χ0v) is 14.2. The van der Waals surface area contributed by atoms with Gasteiger partial charge in [0.2, 0.25) is 5.91 Å². The van der Waals surface area contributed by atoms with Crippen LogP contribution >= 0.6 is 0 Å². The van der Waals surface area contributed by atoms with Crippen LogP contribution in [0.4, 0.5) is 10.5 Å². The number of benzene rings is 1. The Bertz CT molecular complexity index is 671. The Morgan fingerprint density at radius 1 is 1.24 bits per heavy atom. The Morgan fingerprint density at radius 3 is 2.52 bits per heavy atom. The van der Waals surface area contributed by atoms with Crippen molar-refractivity contribution >= 4 is 29.5 Å². The topological polar surface area (TPSA) is 105 Å². The molecule has 8 nitrogen and oxygen atoms in total. The van der Waals surface area contributed by atoms with Crippen LogP contribution in [0.1, 0.15) is 18.9 Å². The van der Waals surface area contributed by atoms with Crippen LogP contribution in [0, 0.1) is 5.92 Å². The highest BCUT2D eigenvalue weighted by Gasteiger charge is 2.36. The summed E-state index contributed by atoms with van der Waals surface area (Å²) in [6.07, 6.45) is 0.937. The van der Waals surface area contributed by atoms with Gasteiger partial charge in [-0.15, -0.1) is 0 Å². The van der Waals surface area contributed by atoms with Gasteiger partial charge in [-0.3, -0.25) is 19.7 Å². The molecule has 0 spiro atoms. The molecule has 1 aliphatic heterocycles. The summed E-state index contributed by atoms with van der Waals surface area (Å²) in [4.78, 5) is 48.1. The van der Waals surface area contributed by atoms with Crippen molar-refractivity contribution in [3.8, 4) is 0 Å². The molecule has 4 amide bonds. The highest BCUT2D eigenvalue weighted by molar-refractivity contribution is 6.00. The van der Waals surface area contributed by atoms with Gasteiger partial charge in [0.15, 0.2) is 6.61 Å². The summed E-state index contributed by atoms with van der Waals surface area (Å²) in [5.74, 6) is -2.16. The molecule has 2 N–H and O–H groups in total. The highest BCUT2D eigenvalue weighted by Crippen LogP contribution is 2.26. The van der Waals surface area contributed by atoms with Crippen molar-refractivity contribution in [2.45, 2.75) is 19.8 Å². The first-order valence-corrected chi connectivity index (χ1v) is 8.02. The van der Waals surface area contributed by atoms with E-state index >= 15 is 0 Å². The van der Waals surface area contributed by atoms with Gasteiger partial charge < -0.3 is 15.0 Å². The number of hydrogen-bond acceptors (Lipinski definition) is 5. The quantitative estimate of drug-likeness (QED) is 0.759. The molecule has 25 heavy (non-hydrogen) atoms. The fourth-order valence-electron chi connectivity index (χ4n) is 2.51. The molecule has 1 aromatic carbocycles. The van der Waals surface area contributed by atoms with Crippen molar-refractivity contribution < 1.29 is 23.9 Å². The Hall–Kier alpha value is -2.90. The zero-order valence-electron chi connectivity index (χ0n) is 14.2. The van der Waals surface area contributed by atoms with Gasteiger partial charge in [0.25, 0.3) is 5.91 Å². The number of nitrogens with one attached hydrogen (secondary N) is 2. The fourth-order valence-corrected chi connectivity index (χ4v) is 2.51. The average molecular weight is 347 g/mol. The van der Waals surface area contributed by atoms with Crippen LogP contribution in [-0.4, -0.2) is 44.0 Å². The van der Waals surface area contributed by atoms with Crippen LogP contribution in [0.3, 0.4) is 0 Å². The lowest BCUT2D eigenvalue weighted by Gasteiger charge is -2.17. The number of carbonyl (C=O) groups excluding carboxylic acids is 4. The normalized spacial score (nSPS) is 16.5. The summed E-state index contributed by atoms with van der Waals surface area (Å²) in [6.45, 7) is 1.69. The van der Waals surface area contributed by atoms with Crippen molar-refractivity contribution in [2.75, 3.05) is 25.1 Å². The number of imide groups is 1. The van der Waals surface area contributed by atoms with Gasteiger partial charge in [-0.2, -0.15) is 0 Å². The second kappa shape index (κ2) is 8.27. The summed E-state index contributed by atoms with van der Waals surface area (Å²) in [7, 11) is 1.36. The summed E-state index contributed by atoms with van der Waals surface area (Å²) < 4.78 is 4.89. The van der Waals surface area contributed by atoms with Crippen molar-refractivity contribution in [2.24, 2.45) is 5.92 Å². The third-order valence-corrected chi connectivity index (χ3v) is 3.94. The first-order valence-electron chi connectivity index (χ1n) is 8.02. The number of nitrogens with zero attached hydrogens (tertiary/aromatic N) is 1. The van der Waals surface area contributed by atoms with E-state index < -0.39 is 30.4 Å². The van der Waals surface area contributed by atoms with Crippen molar-refractivity contribution in [3.05, 3.63) is 29.8 Å². The van der Waals surface area contributed by atoms with Gasteiger partial charge in [0, 0.05) is 25.7 Å².